The lowest BCUT2D eigenvalue weighted by Gasteiger charge is -2.46. The lowest BCUT2D eigenvalue weighted by atomic mass is 9.59. The minimum atomic E-state index is -2.29. The maximum absolute atomic E-state index is 13.6. The Balaban J connectivity index is 1.81. The molecule has 0 aliphatic heterocycles. The Bertz CT molecular complexity index is 1120. The van der Waals surface area contributed by atoms with Gasteiger partial charge in [0.25, 0.3) is 0 Å². The van der Waals surface area contributed by atoms with Crippen LogP contribution in [0, 0.1) is 17.8 Å². The molecule has 1 aromatic carbocycles. The number of hydrogen-bond acceptors (Lipinski definition) is 6. The molecule has 176 valence electrons. The number of carbonyl (C=O) groups excluding carboxylic acids is 3. The predicted molar refractivity (Wildman–Crippen MR) is 123 cm³/mol. The van der Waals surface area contributed by atoms with Crippen LogP contribution in [-0.4, -0.2) is 38.3 Å². The Labute approximate surface area is 194 Å². The summed E-state index contributed by atoms with van der Waals surface area (Å²) in [5, 5.41) is 33.1. The van der Waals surface area contributed by atoms with E-state index < -0.39 is 34.6 Å². The van der Waals surface area contributed by atoms with Gasteiger partial charge in [-0.05, 0) is 75.0 Å². The van der Waals surface area contributed by atoms with Gasteiger partial charge in [0.1, 0.15) is 11.5 Å². The average molecular weight is 453 g/mol. The summed E-state index contributed by atoms with van der Waals surface area (Å²) in [4.78, 5) is 38.8. The molecule has 4 rings (SSSR count). The number of benzene rings is 1. The van der Waals surface area contributed by atoms with Crippen molar-refractivity contribution in [2.45, 2.75) is 71.8 Å². The molecule has 6 nitrogen and oxygen atoms in total. The van der Waals surface area contributed by atoms with Crippen molar-refractivity contribution >= 4 is 17.3 Å². The first-order chi connectivity index (χ1) is 15.5. The summed E-state index contributed by atoms with van der Waals surface area (Å²) in [6, 6.07) is 3.38. The predicted octanol–water partition coefficient (Wildman–Crippen LogP) is 4.17. The minimum absolute atomic E-state index is 0.00793. The van der Waals surface area contributed by atoms with E-state index in [0.717, 1.165) is 30.4 Å². The molecule has 0 fully saturated rings. The number of fused-ring (bicyclic) bond motifs is 3. The second kappa shape index (κ2) is 8.24. The Hall–Kier alpha value is -2.73. The van der Waals surface area contributed by atoms with Crippen LogP contribution >= 0.6 is 0 Å². The van der Waals surface area contributed by atoms with E-state index in [-0.39, 0.29) is 28.4 Å². The third kappa shape index (κ3) is 3.46. The summed E-state index contributed by atoms with van der Waals surface area (Å²) in [5.41, 5.74) is 0.180. The molecule has 0 aromatic heterocycles. The van der Waals surface area contributed by atoms with Crippen molar-refractivity contribution in [1.29, 1.82) is 0 Å². The zero-order chi connectivity index (χ0) is 24.2. The SMILES string of the molecule is CCC(C)CCc1ccc(O)c2c1C[C@H]1C[C@H]3CC(C)=C(C(C)=O)C(=O)[C@@]3(O)C(O)=C1C2=O. The molecule has 0 amide bonds. The number of hydrogen-bond donors (Lipinski definition) is 3. The van der Waals surface area contributed by atoms with Crippen molar-refractivity contribution < 1.29 is 29.7 Å². The second-order valence-electron chi connectivity index (χ2n) is 10.1. The van der Waals surface area contributed by atoms with E-state index in [1.54, 1.807) is 6.92 Å². The van der Waals surface area contributed by atoms with Crippen LogP contribution in [-0.2, 0) is 22.4 Å². The second-order valence-corrected chi connectivity index (χ2v) is 10.1. The zero-order valence-corrected chi connectivity index (χ0v) is 19.7. The number of aromatic hydroxyl groups is 1. The molecule has 4 atom stereocenters. The molecule has 0 saturated heterocycles. The van der Waals surface area contributed by atoms with E-state index in [9.17, 15) is 29.7 Å². The molecule has 1 unspecified atom stereocenters. The first-order valence-electron chi connectivity index (χ1n) is 11.8. The Morgan fingerprint density at radius 1 is 1.21 bits per heavy atom. The maximum atomic E-state index is 13.6. The number of phenols is 1. The van der Waals surface area contributed by atoms with Gasteiger partial charge in [0, 0.05) is 11.5 Å². The molecule has 0 bridgehead atoms. The van der Waals surface area contributed by atoms with Crippen molar-refractivity contribution in [2.24, 2.45) is 17.8 Å². The molecule has 0 heterocycles. The van der Waals surface area contributed by atoms with Crippen LogP contribution in [0.25, 0.3) is 0 Å². The van der Waals surface area contributed by atoms with Crippen LogP contribution in [0.3, 0.4) is 0 Å². The Morgan fingerprint density at radius 2 is 1.91 bits per heavy atom. The van der Waals surface area contributed by atoms with Crippen molar-refractivity contribution in [3.63, 3.8) is 0 Å². The van der Waals surface area contributed by atoms with E-state index >= 15 is 0 Å². The van der Waals surface area contributed by atoms with Crippen molar-refractivity contribution in [3.05, 3.63) is 51.3 Å². The molecule has 6 heteroatoms. The van der Waals surface area contributed by atoms with Crippen molar-refractivity contribution in [1.82, 2.24) is 0 Å². The van der Waals surface area contributed by atoms with E-state index in [1.807, 2.05) is 6.07 Å². The van der Waals surface area contributed by atoms with Gasteiger partial charge in [-0.3, -0.25) is 14.4 Å². The fourth-order valence-electron chi connectivity index (χ4n) is 5.93. The van der Waals surface area contributed by atoms with Crippen LogP contribution in [0.1, 0.15) is 74.9 Å². The highest BCUT2D eigenvalue weighted by Gasteiger charge is 2.58. The first-order valence-corrected chi connectivity index (χ1v) is 11.8. The third-order valence-corrected chi connectivity index (χ3v) is 8.00. The van der Waals surface area contributed by atoms with E-state index in [0.29, 0.717) is 30.8 Å². The molecule has 0 radical (unpaired) electrons. The number of Topliss-reactive ketones (excluding diaryl/α,β-unsaturated/α-hetero) is 3. The largest absolute Gasteiger partial charge is 0.508 e. The van der Waals surface area contributed by atoms with Crippen LogP contribution in [0.15, 0.2) is 34.6 Å². The highest BCUT2D eigenvalue weighted by atomic mass is 16.3. The van der Waals surface area contributed by atoms with Gasteiger partial charge in [-0.25, -0.2) is 0 Å². The molecule has 33 heavy (non-hydrogen) atoms. The summed E-state index contributed by atoms with van der Waals surface area (Å²) in [6.07, 6.45) is 3.91. The molecule has 0 saturated carbocycles. The number of carbonyl (C=O) groups is 3. The summed E-state index contributed by atoms with van der Waals surface area (Å²) in [7, 11) is 0. The number of phenolic OH excluding ortho intramolecular Hbond substituents is 1. The minimum Gasteiger partial charge on any atom is -0.508 e. The zero-order valence-electron chi connectivity index (χ0n) is 19.7. The average Bonchev–Trinajstić information content (AvgIpc) is 2.75. The summed E-state index contributed by atoms with van der Waals surface area (Å²) in [6.45, 7) is 7.29. The third-order valence-electron chi connectivity index (χ3n) is 8.00. The van der Waals surface area contributed by atoms with Crippen molar-refractivity contribution in [2.75, 3.05) is 0 Å². The Kier molecular flexibility index (Phi) is 5.85. The lowest BCUT2D eigenvalue weighted by molar-refractivity contribution is -0.143. The van der Waals surface area contributed by atoms with Crippen LogP contribution < -0.4 is 0 Å². The van der Waals surface area contributed by atoms with Gasteiger partial charge < -0.3 is 15.3 Å². The molecule has 0 spiro atoms. The Morgan fingerprint density at radius 3 is 2.55 bits per heavy atom. The molecule has 1 aromatic rings. The molecular formula is C27H32O6. The fraction of sp³-hybridized carbons (Fsp3) is 0.519. The number of aliphatic hydroxyl groups is 2. The van der Waals surface area contributed by atoms with Crippen LogP contribution in [0.2, 0.25) is 0 Å². The first kappa shape index (κ1) is 23.4. The number of aryl methyl sites for hydroxylation is 1. The quantitative estimate of drug-likeness (QED) is 0.578. The van der Waals surface area contributed by atoms with E-state index in [2.05, 4.69) is 13.8 Å². The number of aliphatic hydroxyl groups excluding tert-OH is 1. The summed E-state index contributed by atoms with van der Waals surface area (Å²) >= 11 is 0. The molecule has 3 N–H and O–H groups in total. The maximum Gasteiger partial charge on any atom is 0.205 e. The highest BCUT2D eigenvalue weighted by molar-refractivity contribution is 6.25. The number of allylic oxidation sites excluding steroid dienone is 2. The van der Waals surface area contributed by atoms with Crippen LogP contribution in [0.5, 0.6) is 5.75 Å². The van der Waals surface area contributed by atoms with E-state index in [1.165, 1.54) is 13.0 Å². The summed E-state index contributed by atoms with van der Waals surface area (Å²) < 4.78 is 0. The standard InChI is InChI=1S/C27H32O6/c1-5-13(2)6-7-16-8-9-20(29)23-19(16)12-17-11-18-10-14(3)21(15(4)28)25(31)27(18,33)26(32)22(17)24(23)30/h8-9,13,17-18,29,32-33H,5-7,10-12H2,1-4H3/t13?,17-,18-,27-/m1/s1. The molecule has 3 aliphatic carbocycles. The van der Waals surface area contributed by atoms with Gasteiger partial charge in [0.05, 0.1) is 11.1 Å². The normalized spacial score (nSPS) is 27.8. The van der Waals surface area contributed by atoms with Gasteiger partial charge in [0.15, 0.2) is 17.2 Å². The van der Waals surface area contributed by atoms with Gasteiger partial charge in [-0.2, -0.15) is 0 Å². The van der Waals surface area contributed by atoms with Gasteiger partial charge in [0.2, 0.25) is 5.78 Å². The number of ketones is 3. The van der Waals surface area contributed by atoms with Gasteiger partial charge >= 0.3 is 0 Å². The molecule has 3 aliphatic rings. The lowest BCUT2D eigenvalue weighted by Crippen LogP contribution is -2.56. The van der Waals surface area contributed by atoms with Gasteiger partial charge in [-0.1, -0.05) is 31.9 Å². The van der Waals surface area contributed by atoms with Crippen molar-refractivity contribution in [3.8, 4) is 5.75 Å². The smallest absolute Gasteiger partial charge is 0.205 e. The van der Waals surface area contributed by atoms with Crippen LogP contribution in [0.4, 0.5) is 0 Å². The topological polar surface area (TPSA) is 112 Å². The molecular weight excluding hydrogens is 420 g/mol. The van der Waals surface area contributed by atoms with E-state index in [4.69, 9.17) is 0 Å². The fourth-order valence-corrected chi connectivity index (χ4v) is 5.93. The monoisotopic (exact) mass is 452 g/mol. The number of rotatable bonds is 5. The van der Waals surface area contributed by atoms with Gasteiger partial charge in [-0.15, -0.1) is 0 Å². The summed E-state index contributed by atoms with van der Waals surface area (Å²) in [5.74, 6) is -3.10. The highest BCUT2D eigenvalue weighted by Crippen LogP contribution is 2.52.